The molecule has 0 bridgehead atoms. The lowest BCUT2D eigenvalue weighted by Crippen LogP contribution is -2.17. The summed E-state index contributed by atoms with van der Waals surface area (Å²) in [6, 6.07) is 12.5. The zero-order valence-corrected chi connectivity index (χ0v) is 10.8. The van der Waals surface area contributed by atoms with Crippen LogP contribution in [0.4, 0.5) is 21.5 Å². The minimum absolute atomic E-state index is 0.0420. The highest BCUT2D eigenvalue weighted by Gasteiger charge is 2.13. The minimum Gasteiger partial charge on any atom is -0.397 e. The number of nitrogens with two attached hydrogens (primary N) is 1. The van der Waals surface area contributed by atoms with Gasteiger partial charge in [0, 0.05) is 18.3 Å². The smallest absolute Gasteiger partial charge is 0.144 e. The van der Waals surface area contributed by atoms with Crippen LogP contribution < -0.4 is 10.6 Å². The molecule has 4 heteroatoms. The van der Waals surface area contributed by atoms with Gasteiger partial charge in [0.1, 0.15) is 5.82 Å². The van der Waals surface area contributed by atoms with Crippen molar-refractivity contribution in [2.75, 3.05) is 17.2 Å². The maximum absolute atomic E-state index is 13.6. The summed E-state index contributed by atoms with van der Waals surface area (Å²) in [6.45, 7) is 2.67. The van der Waals surface area contributed by atoms with Crippen molar-refractivity contribution in [3.63, 3.8) is 0 Å². The molecule has 2 aromatic carbocycles. The highest BCUT2D eigenvalue weighted by atomic mass is 35.5. The van der Waals surface area contributed by atoms with Gasteiger partial charge in [-0.25, -0.2) is 4.39 Å². The van der Waals surface area contributed by atoms with Crippen molar-refractivity contribution in [1.29, 1.82) is 0 Å². The SMILES string of the molecule is CCN(c1ccccc1)c1cc(F)c(Cl)cc1N. The van der Waals surface area contributed by atoms with Gasteiger partial charge >= 0.3 is 0 Å². The molecule has 0 aromatic heterocycles. The first-order valence-corrected chi connectivity index (χ1v) is 6.08. The van der Waals surface area contributed by atoms with Crippen molar-refractivity contribution >= 4 is 28.7 Å². The number of benzene rings is 2. The van der Waals surface area contributed by atoms with Crippen LogP contribution in [0.25, 0.3) is 0 Å². The topological polar surface area (TPSA) is 29.3 Å². The van der Waals surface area contributed by atoms with E-state index in [0.717, 1.165) is 5.69 Å². The Balaban J connectivity index is 2.49. The molecule has 0 saturated heterocycles. The van der Waals surface area contributed by atoms with E-state index in [1.165, 1.54) is 12.1 Å². The van der Waals surface area contributed by atoms with Gasteiger partial charge in [-0.1, -0.05) is 29.8 Å². The van der Waals surface area contributed by atoms with Crippen LogP contribution in [-0.4, -0.2) is 6.54 Å². The average molecular weight is 265 g/mol. The van der Waals surface area contributed by atoms with E-state index in [0.29, 0.717) is 17.9 Å². The number of halogens is 2. The zero-order valence-electron chi connectivity index (χ0n) is 10.0. The number of hydrogen-bond donors (Lipinski definition) is 1. The van der Waals surface area contributed by atoms with Crippen LogP contribution >= 0.6 is 11.6 Å². The molecule has 0 spiro atoms. The maximum Gasteiger partial charge on any atom is 0.144 e. The Morgan fingerprint density at radius 3 is 2.50 bits per heavy atom. The molecular formula is C14H14ClFN2. The molecule has 0 aliphatic rings. The van der Waals surface area contributed by atoms with E-state index in [1.807, 2.05) is 42.2 Å². The number of para-hydroxylation sites is 1. The highest BCUT2D eigenvalue weighted by Crippen LogP contribution is 2.33. The van der Waals surface area contributed by atoms with Crippen LogP contribution in [-0.2, 0) is 0 Å². The number of anilines is 3. The zero-order chi connectivity index (χ0) is 13.1. The molecule has 2 rings (SSSR count). The molecule has 18 heavy (non-hydrogen) atoms. The van der Waals surface area contributed by atoms with Crippen molar-refractivity contribution in [1.82, 2.24) is 0 Å². The van der Waals surface area contributed by atoms with Crippen molar-refractivity contribution in [3.8, 4) is 0 Å². The number of nitrogens with zero attached hydrogens (tertiary/aromatic N) is 1. The van der Waals surface area contributed by atoms with Gasteiger partial charge in [0.15, 0.2) is 0 Å². The lowest BCUT2D eigenvalue weighted by molar-refractivity contribution is 0.628. The van der Waals surface area contributed by atoms with Gasteiger partial charge in [0.05, 0.1) is 16.4 Å². The van der Waals surface area contributed by atoms with Crippen LogP contribution in [0, 0.1) is 5.82 Å². The lowest BCUT2D eigenvalue weighted by atomic mass is 10.2. The van der Waals surface area contributed by atoms with Gasteiger partial charge in [0.25, 0.3) is 0 Å². The summed E-state index contributed by atoms with van der Waals surface area (Å²) in [5.41, 5.74) is 7.97. The van der Waals surface area contributed by atoms with Crippen LogP contribution in [0.1, 0.15) is 6.92 Å². The number of rotatable bonds is 3. The fraction of sp³-hybridized carbons (Fsp3) is 0.143. The first-order valence-electron chi connectivity index (χ1n) is 5.70. The minimum atomic E-state index is -0.463. The Kier molecular flexibility index (Phi) is 3.72. The predicted molar refractivity (Wildman–Crippen MR) is 74.9 cm³/mol. The molecule has 0 fully saturated rings. The lowest BCUT2D eigenvalue weighted by Gasteiger charge is -2.25. The van der Waals surface area contributed by atoms with Crippen LogP contribution in [0.2, 0.25) is 5.02 Å². The molecule has 0 aliphatic carbocycles. The fourth-order valence-electron chi connectivity index (χ4n) is 1.89. The molecule has 0 heterocycles. The summed E-state index contributed by atoms with van der Waals surface area (Å²) < 4.78 is 13.6. The summed E-state index contributed by atoms with van der Waals surface area (Å²) in [4.78, 5) is 1.94. The molecule has 0 atom stereocenters. The second-order valence-electron chi connectivity index (χ2n) is 3.90. The van der Waals surface area contributed by atoms with E-state index >= 15 is 0 Å². The Hall–Kier alpha value is -1.74. The third-order valence-electron chi connectivity index (χ3n) is 2.74. The Bertz CT molecular complexity index is 543. The largest absolute Gasteiger partial charge is 0.397 e. The van der Waals surface area contributed by atoms with E-state index < -0.39 is 5.82 Å². The van der Waals surface area contributed by atoms with Crippen LogP contribution in [0.5, 0.6) is 0 Å². The van der Waals surface area contributed by atoms with Gasteiger partial charge < -0.3 is 10.6 Å². The summed E-state index contributed by atoms with van der Waals surface area (Å²) in [5.74, 6) is -0.463. The van der Waals surface area contributed by atoms with Gasteiger partial charge in [-0.05, 0) is 25.1 Å². The summed E-state index contributed by atoms with van der Waals surface area (Å²) in [6.07, 6.45) is 0. The predicted octanol–water partition coefficient (Wildman–Crippen LogP) is 4.22. The Morgan fingerprint density at radius 1 is 1.22 bits per heavy atom. The molecule has 0 amide bonds. The second-order valence-corrected chi connectivity index (χ2v) is 4.31. The summed E-state index contributed by atoms with van der Waals surface area (Å²) >= 11 is 5.71. The summed E-state index contributed by atoms with van der Waals surface area (Å²) in [5, 5.41) is 0.0420. The van der Waals surface area contributed by atoms with Crippen LogP contribution in [0.15, 0.2) is 42.5 Å². The maximum atomic E-state index is 13.6. The molecule has 2 nitrogen and oxygen atoms in total. The van der Waals surface area contributed by atoms with Gasteiger partial charge in [0.2, 0.25) is 0 Å². The van der Waals surface area contributed by atoms with Crippen molar-refractivity contribution in [2.24, 2.45) is 0 Å². The molecule has 0 radical (unpaired) electrons. The second kappa shape index (κ2) is 5.27. The van der Waals surface area contributed by atoms with E-state index in [1.54, 1.807) is 0 Å². The molecule has 94 valence electrons. The first kappa shape index (κ1) is 12.7. The van der Waals surface area contributed by atoms with E-state index in [9.17, 15) is 4.39 Å². The van der Waals surface area contributed by atoms with Crippen molar-refractivity contribution < 1.29 is 4.39 Å². The quantitative estimate of drug-likeness (QED) is 0.841. The Labute approximate surface area is 111 Å². The summed E-state index contributed by atoms with van der Waals surface area (Å²) in [7, 11) is 0. The Morgan fingerprint density at radius 2 is 1.89 bits per heavy atom. The van der Waals surface area contributed by atoms with Crippen molar-refractivity contribution in [3.05, 3.63) is 53.3 Å². The van der Waals surface area contributed by atoms with Crippen molar-refractivity contribution in [2.45, 2.75) is 6.92 Å². The standard InChI is InChI=1S/C14H14ClFN2/c1-2-18(10-6-4-3-5-7-10)14-9-12(16)11(15)8-13(14)17/h3-9H,2,17H2,1H3. The van der Waals surface area contributed by atoms with Gasteiger partial charge in [-0.3, -0.25) is 0 Å². The highest BCUT2D eigenvalue weighted by molar-refractivity contribution is 6.31. The van der Waals surface area contributed by atoms with Gasteiger partial charge in [-0.2, -0.15) is 0 Å². The number of hydrogen-bond acceptors (Lipinski definition) is 2. The molecule has 2 N–H and O–H groups in total. The fourth-order valence-corrected chi connectivity index (χ4v) is 2.06. The molecule has 0 aliphatic heterocycles. The number of nitrogen functional groups attached to an aromatic ring is 1. The third-order valence-corrected chi connectivity index (χ3v) is 3.03. The molecule has 2 aromatic rings. The normalized spacial score (nSPS) is 10.4. The van der Waals surface area contributed by atoms with Crippen LogP contribution in [0.3, 0.4) is 0 Å². The first-order chi connectivity index (χ1) is 8.63. The van der Waals surface area contributed by atoms with Gasteiger partial charge in [-0.15, -0.1) is 0 Å². The van der Waals surface area contributed by atoms with E-state index in [4.69, 9.17) is 17.3 Å². The average Bonchev–Trinajstić information content (AvgIpc) is 2.38. The van der Waals surface area contributed by atoms with E-state index in [2.05, 4.69) is 0 Å². The molecule has 0 saturated carbocycles. The third kappa shape index (κ3) is 2.41. The monoisotopic (exact) mass is 264 g/mol. The molecular weight excluding hydrogens is 251 g/mol. The van der Waals surface area contributed by atoms with E-state index in [-0.39, 0.29) is 5.02 Å². The molecule has 0 unspecified atom stereocenters.